The minimum absolute atomic E-state index is 0.207. The number of hydrogen-bond donors (Lipinski definition) is 1. The molecular weight excluding hydrogens is 316 g/mol. The Balaban J connectivity index is 1.80. The quantitative estimate of drug-likeness (QED) is 0.791. The Morgan fingerprint density at radius 1 is 1.25 bits per heavy atom. The standard InChI is InChI=1S/C17H15F2N3O2/c1-10(11-5-6-12(18)13(19)8-11)22(2)17(23)15-9-14(20-21-15)16-4-3-7-24-16/h3-10H,1-2H3,(H,20,21). The van der Waals surface area contributed by atoms with Crippen LogP contribution in [0.4, 0.5) is 8.78 Å². The van der Waals surface area contributed by atoms with Gasteiger partial charge in [0, 0.05) is 13.1 Å². The Labute approximate surface area is 136 Å². The molecule has 3 rings (SSSR count). The number of hydrogen-bond acceptors (Lipinski definition) is 3. The van der Waals surface area contributed by atoms with E-state index in [-0.39, 0.29) is 11.6 Å². The third-order valence-corrected chi connectivity index (χ3v) is 3.91. The van der Waals surface area contributed by atoms with Gasteiger partial charge in [0.2, 0.25) is 0 Å². The number of carbonyl (C=O) groups is 1. The molecule has 0 aliphatic rings. The Bertz CT molecular complexity index is 859. The normalized spacial score (nSPS) is 12.2. The summed E-state index contributed by atoms with van der Waals surface area (Å²) in [4.78, 5) is 14.0. The first-order valence-electron chi connectivity index (χ1n) is 7.28. The van der Waals surface area contributed by atoms with Crippen molar-refractivity contribution in [1.82, 2.24) is 15.1 Å². The fraction of sp³-hybridized carbons (Fsp3) is 0.176. The first-order valence-corrected chi connectivity index (χ1v) is 7.28. The van der Waals surface area contributed by atoms with Crippen LogP contribution in [0.2, 0.25) is 0 Å². The first-order chi connectivity index (χ1) is 11.5. The van der Waals surface area contributed by atoms with Gasteiger partial charge in [-0.25, -0.2) is 8.78 Å². The molecule has 0 aliphatic heterocycles. The Kier molecular flexibility index (Phi) is 4.16. The molecule has 2 aromatic heterocycles. The van der Waals surface area contributed by atoms with Gasteiger partial charge in [0.25, 0.3) is 5.91 Å². The van der Waals surface area contributed by atoms with Gasteiger partial charge in [-0.1, -0.05) is 6.07 Å². The maximum atomic E-state index is 13.4. The highest BCUT2D eigenvalue weighted by molar-refractivity contribution is 5.93. The number of furan rings is 1. The van der Waals surface area contributed by atoms with E-state index in [4.69, 9.17) is 4.42 Å². The SMILES string of the molecule is CC(c1ccc(F)c(F)c1)N(C)C(=O)c1cc(-c2ccco2)[nH]n1. The van der Waals surface area contributed by atoms with Gasteiger partial charge in [-0.05, 0) is 36.8 Å². The minimum atomic E-state index is -0.944. The molecule has 1 unspecified atom stereocenters. The summed E-state index contributed by atoms with van der Waals surface area (Å²) in [5.41, 5.74) is 1.28. The van der Waals surface area contributed by atoms with Crippen LogP contribution in [-0.4, -0.2) is 28.1 Å². The largest absolute Gasteiger partial charge is 0.463 e. The number of aromatic amines is 1. The lowest BCUT2D eigenvalue weighted by Crippen LogP contribution is -2.30. The number of nitrogens with one attached hydrogen (secondary N) is 1. The van der Waals surface area contributed by atoms with Gasteiger partial charge >= 0.3 is 0 Å². The highest BCUT2D eigenvalue weighted by Gasteiger charge is 2.22. The van der Waals surface area contributed by atoms with Gasteiger partial charge in [0.1, 0.15) is 5.69 Å². The molecule has 0 spiro atoms. The van der Waals surface area contributed by atoms with Crippen molar-refractivity contribution >= 4 is 5.91 Å². The fourth-order valence-corrected chi connectivity index (χ4v) is 2.34. The molecule has 5 nitrogen and oxygen atoms in total. The average Bonchev–Trinajstić information content (AvgIpc) is 3.26. The van der Waals surface area contributed by atoms with Gasteiger partial charge in [-0.2, -0.15) is 5.10 Å². The van der Waals surface area contributed by atoms with E-state index in [1.54, 1.807) is 32.2 Å². The van der Waals surface area contributed by atoms with Crippen molar-refractivity contribution in [2.45, 2.75) is 13.0 Å². The summed E-state index contributed by atoms with van der Waals surface area (Å²) >= 11 is 0. The highest BCUT2D eigenvalue weighted by Crippen LogP contribution is 2.24. The molecule has 1 atom stereocenters. The van der Waals surface area contributed by atoms with Crippen LogP contribution in [0, 0.1) is 11.6 Å². The number of H-pyrrole nitrogens is 1. The van der Waals surface area contributed by atoms with E-state index in [1.807, 2.05) is 0 Å². The molecule has 3 aromatic rings. The van der Waals surface area contributed by atoms with Gasteiger partial charge in [0.05, 0.1) is 12.3 Å². The molecule has 24 heavy (non-hydrogen) atoms. The summed E-state index contributed by atoms with van der Waals surface area (Å²) in [5, 5.41) is 6.73. The number of benzene rings is 1. The molecule has 1 N–H and O–H groups in total. The van der Waals surface area contributed by atoms with Crippen LogP contribution in [0.15, 0.2) is 47.1 Å². The number of amides is 1. The summed E-state index contributed by atoms with van der Waals surface area (Å²) in [6.07, 6.45) is 1.52. The first kappa shape index (κ1) is 15.9. The third kappa shape index (κ3) is 2.92. The lowest BCUT2D eigenvalue weighted by atomic mass is 10.1. The topological polar surface area (TPSA) is 62.1 Å². The lowest BCUT2D eigenvalue weighted by Gasteiger charge is -2.24. The van der Waals surface area contributed by atoms with Crippen LogP contribution < -0.4 is 0 Å². The number of carbonyl (C=O) groups excluding carboxylic acids is 1. The van der Waals surface area contributed by atoms with Crippen LogP contribution in [0.1, 0.15) is 29.0 Å². The Hall–Kier alpha value is -2.96. The summed E-state index contributed by atoms with van der Waals surface area (Å²) in [6.45, 7) is 1.73. The Morgan fingerprint density at radius 2 is 2.04 bits per heavy atom. The molecule has 1 aromatic carbocycles. The molecule has 0 radical (unpaired) electrons. The second kappa shape index (κ2) is 6.27. The van der Waals surface area contributed by atoms with Crippen molar-refractivity contribution in [3.63, 3.8) is 0 Å². The second-order valence-electron chi connectivity index (χ2n) is 5.41. The van der Waals surface area contributed by atoms with Crippen molar-refractivity contribution in [2.75, 3.05) is 7.05 Å². The maximum absolute atomic E-state index is 13.4. The van der Waals surface area contributed by atoms with Crippen LogP contribution in [0.5, 0.6) is 0 Å². The molecule has 0 bridgehead atoms. The van der Waals surface area contributed by atoms with E-state index >= 15 is 0 Å². The summed E-state index contributed by atoms with van der Waals surface area (Å²) in [6, 6.07) is 8.19. The average molecular weight is 331 g/mol. The Morgan fingerprint density at radius 3 is 2.71 bits per heavy atom. The lowest BCUT2D eigenvalue weighted by molar-refractivity contribution is 0.0736. The van der Waals surface area contributed by atoms with Gasteiger partial charge in [-0.3, -0.25) is 9.89 Å². The van der Waals surface area contributed by atoms with Gasteiger partial charge < -0.3 is 9.32 Å². The van der Waals surface area contributed by atoms with Crippen molar-refractivity contribution in [3.05, 3.63) is 65.6 Å². The zero-order chi connectivity index (χ0) is 17.3. The van der Waals surface area contributed by atoms with Gasteiger partial charge in [-0.15, -0.1) is 0 Å². The predicted molar refractivity (Wildman–Crippen MR) is 83.2 cm³/mol. The summed E-state index contributed by atoms with van der Waals surface area (Å²) in [5.74, 6) is -1.64. The number of rotatable bonds is 4. The molecule has 7 heteroatoms. The van der Waals surface area contributed by atoms with Crippen LogP contribution in [0.3, 0.4) is 0 Å². The molecule has 124 valence electrons. The van der Waals surface area contributed by atoms with Crippen LogP contribution in [0.25, 0.3) is 11.5 Å². The van der Waals surface area contributed by atoms with Crippen molar-refractivity contribution in [2.24, 2.45) is 0 Å². The molecule has 0 aliphatic carbocycles. The van der Waals surface area contributed by atoms with Crippen LogP contribution in [-0.2, 0) is 0 Å². The second-order valence-corrected chi connectivity index (χ2v) is 5.41. The van der Waals surface area contributed by atoms with E-state index in [2.05, 4.69) is 10.2 Å². The van der Waals surface area contributed by atoms with Crippen molar-refractivity contribution in [1.29, 1.82) is 0 Å². The smallest absolute Gasteiger partial charge is 0.274 e. The maximum Gasteiger partial charge on any atom is 0.274 e. The highest BCUT2D eigenvalue weighted by atomic mass is 19.2. The van der Waals surface area contributed by atoms with Crippen LogP contribution >= 0.6 is 0 Å². The molecule has 0 fully saturated rings. The molecular formula is C17H15F2N3O2. The zero-order valence-electron chi connectivity index (χ0n) is 13.1. The zero-order valence-corrected chi connectivity index (χ0v) is 13.1. The predicted octanol–water partition coefficient (Wildman–Crippen LogP) is 3.78. The summed E-state index contributed by atoms with van der Waals surface area (Å²) < 4.78 is 31.7. The fourth-order valence-electron chi connectivity index (χ4n) is 2.34. The number of halogens is 2. The van der Waals surface area contributed by atoms with E-state index in [9.17, 15) is 13.6 Å². The van der Waals surface area contributed by atoms with E-state index < -0.39 is 17.7 Å². The summed E-state index contributed by atoms with van der Waals surface area (Å²) in [7, 11) is 1.58. The number of nitrogens with zero attached hydrogens (tertiary/aromatic N) is 2. The molecule has 0 saturated heterocycles. The minimum Gasteiger partial charge on any atom is -0.463 e. The van der Waals surface area contributed by atoms with E-state index in [0.717, 1.165) is 12.1 Å². The van der Waals surface area contributed by atoms with Crippen molar-refractivity contribution in [3.8, 4) is 11.5 Å². The molecule has 2 heterocycles. The van der Waals surface area contributed by atoms with E-state index in [0.29, 0.717) is 17.0 Å². The number of aromatic nitrogens is 2. The molecule has 0 saturated carbocycles. The van der Waals surface area contributed by atoms with Gasteiger partial charge in [0.15, 0.2) is 23.1 Å². The third-order valence-electron chi connectivity index (χ3n) is 3.91. The molecule has 1 amide bonds. The van der Waals surface area contributed by atoms with E-state index in [1.165, 1.54) is 17.2 Å². The van der Waals surface area contributed by atoms with Crippen molar-refractivity contribution < 1.29 is 18.0 Å². The monoisotopic (exact) mass is 331 g/mol.